The lowest BCUT2D eigenvalue weighted by Crippen LogP contribution is -2.49. The Hall–Kier alpha value is -2.55. The lowest BCUT2D eigenvalue weighted by Gasteiger charge is -2.26. The number of carbonyl (C=O) groups excluding carboxylic acids is 4. The van der Waals surface area contributed by atoms with Gasteiger partial charge in [-0.1, -0.05) is 41.4 Å². The van der Waals surface area contributed by atoms with Crippen LogP contribution in [0.1, 0.15) is 31.7 Å². The monoisotopic (exact) mass is 449 g/mol. The van der Waals surface area contributed by atoms with Crippen LogP contribution in [0.3, 0.4) is 0 Å². The summed E-state index contributed by atoms with van der Waals surface area (Å²) < 4.78 is 0. The molecule has 0 aromatic heterocycles. The minimum absolute atomic E-state index is 0.150. The largest absolute Gasteiger partial charge is 0.272 e. The van der Waals surface area contributed by atoms with Crippen molar-refractivity contribution in [1.29, 1.82) is 0 Å². The molecule has 7 nitrogen and oxygen atoms in total. The van der Waals surface area contributed by atoms with Crippen LogP contribution in [0.5, 0.6) is 0 Å². The summed E-state index contributed by atoms with van der Waals surface area (Å²) in [5.41, 5.74) is 3.63. The lowest BCUT2D eigenvalue weighted by molar-refractivity contribution is -0.139. The van der Waals surface area contributed by atoms with E-state index in [0.29, 0.717) is 15.6 Å². The zero-order valence-corrected chi connectivity index (χ0v) is 17.1. The summed E-state index contributed by atoms with van der Waals surface area (Å²) in [6.07, 6.45) is 0. The molecule has 1 saturated heterocycles. The third kappa shape index (κ3) is 3.59. The van der Waals surface area contributed by atoms with Gasteiger partial charge in [-0.25, -0.2) is 5.01 Å². The fourth-order valence-corrected chi connectivity index (χ4v) is 4.89. The van der Waals surface area contributed by atoms with Gasteiger partial charge in [0.2, 0.25) is 0 Å². The van der Waals surface area contributed by atoms with Gasteiger partial charge in [-0.05, 0) is 24.3 Å². The molecule has 10 heteroatoms. The maximum Gasteiger partial charge on any atom is 0.262 e. The molecule has 1 N–H and O–H groups in total. The van der Waals surface area contributed by atoms with Gasteiger partial charge in [-0.3, -0.25) is 29.5 Å². The van der Waals surface area contributed by atoms with Crippen molar-refractivity contribution in [3.8, 4) is 0 Å². The fourth-order valence-electron chi connectivity index (χ4n) is 3.17. The van der Waals surface area contributed by atoms with Crippen LogP contribution in [0.2, 0.25) is 10.0 Å². The normalized spacial score (nSPS) is 18.4. The van der Waals surface area contributed by atoms with E-state index in [4.69, 9.17) is 23.2 Å². The Morgan fingerprint density at radius 2 is 1.72 bits per heavy atom. The molecule has 2 aliphatic heterocycles. The molecule has 148 valence electrons. The number of thioether (sulfide) groups is 1. The van der Waals surface area contributed by atoms with Crippen LogP contribution in [0, 0.1) is 0 Å². The Balaban J connectivity index is 1.49. The maximum atomic E-state index is 12.5. The van der Waals surface area contributed by atoms with E-state index in [1.54, 1.807) is 30.3 Å². The zero-order chi connectivity index (χ0) is 20.7. The van der Waals surface area contributed by atoms with Crippen molar-refractivity contribution in [2.45, 2.75) is 5.37 Å². The molecular weight excluding hydrogens is 437 g/mol. The molecule has 2 heterocycles. The highest BCUT2D eigenvalue weighted by Crippen LogP contribution is 2.41. The Bertz CT molecular complexity index is 1030. The van der Waals surface area contributed by atoms with Gasteiger partial charge < -0.3 is 0 Å². The van der Waals surface area contributed by atoms with E-state index in [1.165, 1.54) is 28.9 Å². The number of hydrogen-bond donors (Lipinski definition) is 1. The first-order valence-electron chi connectivity index (χ1n) is 8.50. The molecule has 29 heavy (non-hydrogen) atoms. The van der Waals surface area contributed by atoms with Crippen molar-refractivity contribution in [3.05, 3.63) is 69.2 Å². The van der Waals surface area contributed by atoms with Crippen molar-refractivity contribution in [2.24, 2.45) is 0 Å². The number of halogens is 2. The molecule has 1 atom stereocenters. The molecule has 2 aromatic rings. The fraction of sp³-hybridized carbons (Fsp3) is 0.158. The third-order valence-electron chi connectivity index (χ3n) is 4.52. The number of amides is 4. The molecule has 4 amide bonds. The molecule has 2 aromatic carbocycles. The maximum absolute atomic E-state index is 12.5. The summed E-state index contributed by atoms with van der Waals surface area (Å²) in [4.78, 5) is 50.5. The Morgan fingerprint density at radius 3 is 2.34 bits per heavy atom. The number of benzene rings is 2. The van der Waals surface area contributed by atoms with Crippen LogP contribution < -0.4 is 5.43 Å². The number of fused-ring (bicyclic) bond motifs is 1. The first kappa shape index (κ1) is 19.8. The van der Waals surface area contributed by atoms with E-state index in [2.05, 4.69) is 5.43 Å². The van der Waals surface area contributed by atoms with Gasteiger partial charge in [-0.15, -0.1) is 11.8 Å². The number of nitrogens with zero attached hydrogens (tertiary/aromatic N) is 2. The molecular formula is C19H13Cl2N3O4S. The van der Waals surface area contributed by atoms with Gasteiger partial charge in [-0.2, -0.15) is 0 Å². The highest BCUT2D eigenvalue weighted by molar-refractivity contribution is 8.00. The topological polar surface area (TPSA) is 86.8 Å². The van der Waals surface area contributed by atoms with Crippen molar-refractivity contribution in [2.75, 3.05) is 12.3 Å². The van der Waals surface area contributed by atoms with E-state index in [9.17, 15) is 19.2 Å². The molecule has 4 rings (SSSR count). The van der Waals surface area contributed by atoms with E-state index >= 15 is 0 Å². The van der Waals surface area contributed by atoms with Crippen molar-refractivity contribution in [3.63, 3.8) is 0 Å². The number of hydrazine groups is 1. The van der Waals surface area contributed by atoms with Gasteiger partial charge in [0.15, 0.2) is 0 Å². The van der Waals surface area contributed by atoms with Gasteiger partial charge >= 0.3 is 0 Å². The summed E-state index contributed by atoms with van der Waals surface area (Å²) in [5.74, 6) is -1.91. The average molecular weight is 450 g/mol. The van der Waals surface area contributed by atoms with Crippen LogP contribution >= 0.6 is 35.0 Å². The van der Waals surface area contributed by atoms with E-state index in [0.717, 1.165) is 4.90 Å². The highest BCUT2D eigenvalue weighted by atomic mass is 35.5. The lowest BCUT2D eigenvalue weighted by atomic mass is 10.1. The first-order chi connectivity index (χ1) is 13.9. The molecule has 1 unspecified atom stereocenters. The van der Waals surface area contributed by atoms with Crippen LogP contribution in [0.15, 0.2) is 42.5 Å². The zero-order valence-electron chi connectivity index (χ0n) is 14.7. The number of carbonyl (C=O) groups is 4. The van der Waals surface area contributed by atoms with Crippen LogP contribution in [0.4, 0.5) is 0 Å². The second-order valence-corrected chi connectivity index (χ2v) is 8.28. The minimum Gasteiger partial charge on any atom is -0.272 e. The predicted octanol–water partition coefficient (Wildman–Crippen LogP) is 2.89. The summed E-state index contributed by atoms with van der Waals surface area (Å²) in [6, 6.07) is 11.2. The molecule has 0 saturated carbocycles. The predicted molar refractivity (Wildman–Crippen MR) is 108 cm³/mol. The Kier molecular flexibility index (Phi) is 5.24. The van der Waals surface area contributed by atoms with Gasteiger partial charge in [0.1, 0.15) is 11.9 Å². The summed E-state index contributed by atoms with van der Waals surface area (Å²) in [7, 11) is 0. The van der Waals surface area contributed by atoms with Crippen LogP contribution in [0.25, 0.3) is 0 Å². The summed E-state index contributed by atoms with van der Waals surface area (Å²) >= 11 is 13.5. The first-order valence-corrected chi connectivity index (χ1v) is 10.3. The summed E-state index contributed by atoms with van der Waals surface area (Å²) in [5, 5.41) is 1.44. The van der Waals surface area contributed by atoms with Gasteiger partial charge in [0.05, 0.1) is 16.9 Å². The second-order valence-electron chi connectivity index (χ2n) is 6.37. The molecule has 1 fully saturated rings. The van der Waals surface area contributed by atoms with E-state index in [1.807, 2.05) is 0 Å². The van der Waals surface area contributed by atoms with Crippen LogP contribution in [-0.4, -0.2) is 45.8 Å². The quantitative estimate of drug-likeness (QED) is 0.725. The minimum atomic E-state index is -0.662. The van der Waals surface area contributed by atoms with E-state index in [-0.39, 0.29) is 22.8 Å². The van der Waals surface area contributed by atoms with Crippen molar-refractivity contribution in [1.82, 2.24) is 15.3 Å². The smallest absolute Gasteiger partial charge is 0.262 e. The molecule has 0 bridgehead atoms. The standard InChI is InChI=1S/C19H13Cl2N3O4S/c20-10-5-6-13(14(21)7-10)19-24(16(26)9-29-19)22-15(25)8-23-17(27)11-3-1-2-4-12(11)18(23)28/h1-7,19H,8-9H2,(H,22,25). The third-order valence-corrected chi connectivity index (χ3v) is 6.28. The van der Waals surface area contributed by atoms with E-state index < -0.39 is 29.6 Å². The Labute approximate surface area is 179 Å². The van der Waals surface area contributed by atoms with Crippen molar-refractivity contribution < 1.29 is 19.2 Å². The molecule has 0 spiro atoms. The summed E-state index contributed by atoms with van der Waals surface area (Å²) in [6.45, 7) is -0.498. The molecule has 0 aliphatic carbocycles. The highest BCUT2D eigenvalue weighted by Gasteiger charge is 2.39. The Morgan fingerprint density at radius 1 is 1.07 bits per heavy atom. The number of nitrogens with one attached hydrogen (secondary N) is 1. The molecule has 2 aliphatic rings. The van der Waals surface area contributed by atoms with Crippen LogP contribution in [-0.2, 0) is 9.59 Å². The van der Waals surface area contributed by atoms with Gasteiger partial charge in [0.25, 0.3) is 23.6 Å². The van der Waals surface area contributed by atoms with Crippen molar-refractivity contribution >= 4 is 58.6 Å². The molecule has 0 radical (unpaired) electrons. The second kappa shape index (κ2) is 7.70. The number of rotatable bonds is 4. The number of imide groups is 1. The average Bonchev–Trinajstić information content (AvgIpc) is 3.15. The number of hydrogen-bond acceptors (Lipinski definition) is 5. The SMILES string of the molecule is O=C(CN1C(=O)c2ccccc2C1=O)NN1C(=O)CSC1c1ccc(Cl)cc1Cl. The van der Waals surface area contributed by atoms with Gasteiger partial charge in [0, 0.05) is 15.6 Å².